The van der Waals surface area contributed by atoms with Gasteiger partial charge in [-0.1, -0.05) is 12.1 Å². The van der Waals surface area contributed by atoms with Gasteiger partial charge in [-0.3, -0.25) is 9.59 Å². The summed E-state index contributed by atoms with van der Waals surface area (Å²) in [4.78, 5) is 26.3. The first kappa shape index (κ1) is 21.3. The van der Waals surface area contributed by atoms with E-state index in [4.69, 9.17) is 5.26 Å². The van der Waals surface area contributed by atoms with Crippen LogP contribution in [0.5, 0.6) is 0 Å². The van der Waals surface area contributed by atoms with Crippen LogP contribution < -0.4 is 5.32 Å². The van der Waals surface area contributed by atoms with Gasteiger partial charge >= 0.3 is 0 Å². The first-order valence-electron chi connectivity index (χ1n) is 8.39. The van der Waals surface area contributed by atoms with Gasteiger partial charge in [0.1, 0.15) is 11.8 Å². The highest BCUT2D eigenvalue weighted by Gasteiger charge is 2.37. The fourth-order valence-electron chi connectivity index (χ4n) is 2.61. The number of hydrogen-bond donors (Lipinski definition) is 1. The van der Waals surface area contributed by atoms with Gasteiger partial charge in [0.05, 0.1) is 23.3 Å². The van der Waals surface area contributed by atoms with Gasteiger partial charge in [-0.15, -0.1) is 11.8 Å². The minimum atomic E-state index is -3.69. The molecule has 1 N–H and O–H groups in total. The maximum absolute atomic E-state index is 12.5. The summed E-state index contributed by atoms with van der Waals surface area (Å²) < 4.78 is 24.8. The molecule has 1 fully saturated rings. The lowest BCUT2D eigenvalue weighted by atomic mass is 10.1. The second-order valence-electron chi connectivity index (χ2n) is 7.46. The number of hydrogen-bond acceptors (Lipinski definition) is 6. The number of thioether (sulfide) groups is 1. The highest BCUT2D eigenvalue weighted by Crippen LogP contribution is 2.22. The van der Waals surface area contributed by atoms with Crippen molar-refractivity contribution in [2.75, 3.05) is 17.4 Å². The molecule has 1 unspecified atom stereocenters. The fourth-order valence-corrected chi connectivity index (χ4v) is 5.14. The number of rotatable bonds is 5. The van der Waals surface area contributed by atoms with E-state index < -0.39 is 33.1 Å². The molecule has 2 amide bonds. The van der Waals surface area contributed by atoms with E-state index in [1.165, 1.54) is 28.8 Å². The van der Waals surface area contributed by atoms with Crippen LogP contribution in [0.4, 0.5) is 0 Å². The Kier molecular flexibility index (Phi) is 6.54. The number of nitriles is 1. The molecule has 1 aromatic carbocycles. The minimum absolute atomic E-state index is 0.273. The van der Waals surface area contributed by atoms with E-state index in [0.717, 1.165) is 0 Å². The second kappa shape index (κ2) is 8.31. The van der Waals surface area contributed by atoms with Crippen molar-refractivity contribution in [2.45, 2.75) is 38.1 Å². The van der Waals surface area contributed by atoms with Gasteiger partial charge < -0.3 is 10.2 Å². The van der Waals surface area contributed by atoms with Crippen LogP contribution in [0.1, 0.15) is 31.9 Å². The molecule has 0 radical (unpaired) electrons. The van der Waals surface area contributed by atoms with E-state index in [-0.39, 0.29) is 11.7 Å². The molecule has 1 atom stereocenters. The summed E-state index contributed by atoms with van der Waals surface area (Å²) in [5.74, 6) is -1.03. The third-order valence-corrected chi connectivity index (χ3v) is 6.29. The van der Waals surface area contributed by atoms with Crippen molar-refractivity contribution < 1.29 is 18.0 Å². The molecule has 9 heteroatoms. The summed E-state index contributed by atoms with van der Waals surface area (Å²) in [7, 11) is -3.69. The third kappa shape index (κ3) is 6.26. The van der Waals surface area contributed by atoms with Crippen LogP contribution in [-0.4, -0.2) is 54.1 Å². The standard InChI is InChI=1S/C18H23N3O4S2/c1-18(2,3)20-17(23)15-9-26-12-21(15)16(22)11-27(24,25)10-14-6-4-13(8-19)5-7-14/h4-7,15H,9-12H2,1-3H3,(H,20,23). The molecular weight excluding hydrogens is 386 g/mol. The third-order valence-electron chi connectivity index (χ3n) is 3.82. The summed E-state index contributed by atoms with van der Waals surface area (Å²) >= 11 is 1.43. The summed E-state index contributed by atoms with van der Waals surface area (Å²) in [6.07, 6.45) is 0. The Morgan fingerprint density at radius 3 is 2.48 bits per heavy atom. The van der Waals surface area contributed by atoms with Gasteiger partial charge in [-0.25, -0.2) is 8.42 Å². The normalized spacial score (nSPS) is 17.4. The van der Waals surface area contributed by atoms with Gasteiger partial charge in [0.2, 0.25) is 11.8 Å². The van der Waals surface area contributed by atoms with Crippen molar-refractivity contribution in [1.82, 2.24) is 10.2 Å². The molecule has 0 aromatic heterocycles. The molecule has 0 bridgehead atoms. The van der Waals surface area contributed by atoms with Crippen LogP contribution in [0.25, 0.3) is 0 Å². The Labute approximate surface area is 164 Å². The maximum atomic E-state index is 12.5. The van der Waals surface area contributed by atoms with E-state index in [1.807, 2.05) is 26.8 Å². The summed E-state index contributed by atoms with van der Waals surface area (Å²) in [5.41, 5.74) is 0.523. The van der Waals surface area contributed by atoms with Gasteiger partial charge in [0, 0.05) is 11.3 Å². The number of amides is 2. The zero-order chi connectivity index (χ0) is 20.2. The van der Waals surface area contributed by atoms with Gasteiger partial charge in [0.15, 0.2) is 9.84 Å². The Morgan fingerprint density at radius 1 is 1.30 bits per heavy atom. The Hall–Kier alpha value is -2.05. The molecule has 2 rings (SSSR count). The largest absolute Gasteiger partial charge is 0.350 e. The molecule has 1 aliphatic rings. The highest BCUT2D eigenvalue weighted by molar-refractivity contribution is 7.99. The number of benzene rings is 1. The Bertz CT molecular complexity index is 852. The average Bonchev–Trinajstić information content (AvgIpc) is 3.03. The zero-order valence-corrected chi connectivity index (χ0v) is 17.2. The molecule has 0 aliphatic carbocycles. The number of nitrogens with one attached hydrogen (secondary N) is 1. The van der Waals surface area contributed by atoms with Crippen molar-refractivity contribution in [3.8, 4) is 6.07 Å². The minimum Gasteiger partial charge on any atom is -0.350 e. The Balaban J connectivity index is 2.03. The summed E-state index contributed by atoms with van der Waals surface area (Å²) in [6.45, 7) is 5.55. The van der Waals surface area contributed by atoms with Crippen LogP contribution >= 0.6 is 11.8 Å². The molecule has 27 heavy (non-hydrogen) atoms. The molecule has 0 spiro atoms. The average molecular weight is 410 g/mol. The molecule has 1 heterocycles. The maximum Gasteiger partial charge on any atom is 0.244 e. The number of carbonyl (C=O) groups is 2. The van der Waals surface area contributed by atoms with Crippen molar-refractivity contribution in [2.24, 2.45) is 0 Å². The van der Waals surface area contributed by atoms with E-state index in [1.54, 1.807) is 12.1 Å². The monoisotopic (exact) mass is 409 g/mol. The van der Waals surface area contributed by atoms with Crippen LogP contribution in [0, 0.1) is 11.3 Å². The SMILES string of the molecule is CC(C)(C)NC(=O)C1CSCN1C(=O)CS(=O)(=O)Cc1ccc(C#N)cc1. The van der Waals surface area contributed by atoms with E-state index >= 15 is 0 Å². The molecule has 146 valence electrons. The zero-order valence-electron chi connectivity index (χ0n) is 15.6. The van der Waals surface area contributed by atoms with Crippen molar-refractivity contribution in [3.63, 3.8) is 0 Å². The van der Waals surface area contributed by atoms with Crippen LogP contribution in [0.15, 0.2) is 24.3 Å². The predicted octanol–water partition coefficient (Wildman–Crippen LogP) is 1.29. The van der Waals surface area contributed by atoms with Crippen molar-refractivity contribution in [1.29, 1.82) is 5.26 Å². The van der Waals surface area contributed by atoms with Gasteiger partial charge in [-0.2, -0.15) is 5.26 Å². The summed E-state index contributed by atoms with van der Waals surface area (Å²) in [5, 5.41) is 11.6. The second-order valence-corrected chi connectivity index (χ2v) is 10.5. The Morgan fingerprint density at radius 2 is 1.93 bits per heavy atom. The van der Waals surface area contributed by atoms with Crippen molar-refractivity contribution in [3.05, 3.63) is 35.4 Å². The quantitative estimate of drug-likeness (QED) is 0.785. The molecule has 1 aliphatic heterocycles. The number of sulfone groups is 1. The topological polar surface area (TPSA) is 107 Å². The van der Waals surface area contributed by atoms with Crippen molar-refractivity contribution >= 4 is 33.4 Å². The summed E-state index contributed by atoms with van der Waals surface area (Å²) in [6, 6.07) is 7.51. The molecule has 1 saturated heterocycles. The van der Waals surface area contributed by atoms with E-state index in [9.17, 15) is 18.0 Å². The molecule has 7 nitrogen and oxygen atoms in total. The molecule has 0 saturated carbocycles. The molecular formula is C18H23N3O4S2. The van der Waals surface area contributed by atoms with E-state index in [2.05, 4.69) is 5.32 Å². The molecule has 1 aromatic rings. The van der Waals surface area contributed by atoms with E-state index in [0.29, 0.717) is 22.8 Å². The highest BCUT2D eigenvalue weighted by atomic mass is 32.2. The lowest BCUT2D eigenvalue weighted by molar-refractivity contribution is -0.136. The number of nitrogens with zero attached hydrogens (tertiary/aromatic N) is 2. The number of carbonyl (C=O) groups excluding carboxylic acids is 2. The van der Waals surface area contributed by atoms with Crippen LogP contribution in [0.3, 0.4) is 0 Å². The fraction of sp³-hybridized carbons (Fsp3) is 0.500. The van der Waals surface area contributed by atoms with Crippen LogP contribution in [0.2, 0.25) is 0 Å². The van der Waals surface area contributed by atoms with Crippen LogP contribution in [-0.2, 0) is 25.2 Å². The lowest BCUT2D eigenvalue weighted by Crippen LogP contribution is -2.53. The predicted molar refractivity (Wildman–Crippen MR) is 105 cm³/mol. The smallest absolute Gasteiger partial charge is 0.244 e. The first-order valence-corrected chi connectivity index (χ1v) is 11.4. The van der Waals surface area contributed by atoms with Gasteiger partial charge in [-0.05, 0) is 38.5 Å². The lowest BCUT2D eigenvalue weighted by Gasteiger charge is -2.27. The first-order chi connectivity index (χ1) is 12.5. The van der Waals surface area contributed by atoms with Gasteiger partial charge in [0.25, 0.3) is 0 Å².